The SMILES string of the molecule is Cn1cc2cc(/C=C/C(=O)C3=C(Cc4ccccc4)c4cc(Cl)ccc4NC3)ccc2n1. The summed E-state index contributed by atoms with van der Waals surface area (Å²) in [7, 11) is 1.90. The van der Waals surface area contributed by atoms with Crippen molar-refractivity contribution in [1.82, 2.24) is 9.78 Å². The Morgan fingerprint density at radius 3 is 2.81 bits per heavy atom. The molecule has 1 aromatic heterocycles. The number of rotatable bonds is 5. The molecular weight excluding hydrogens is 418 g/mol. The Kier molecular flexibility index (Phi) is 5.38. The summed E-state index contributed by atoms with van der Waals surface area (Å²) in [6.45, 7) is 0.488. The Bertz CT molecular complexity index is 1380. The standard InChI is InChI=1S/C27H22ClN3O/c1-31-17-20-13-19(7-10-25(20)30-31)8-12-27(32)24-16-29-26-11-9-21(28)15-23(26)22(24)14-18-5-3-2-4-6-18/h2-13,15,17,29H,14,16H2,1H3/b12-8+. The first-order chi connectivity index (χ1) is 15.6. The van der Waals surface area contributed by atoms with E-state index in [0.29, 0.717) is 18.0 Å². The summed E-state index contributed by atoms with van der Waals surface area (Å²) in [6.07, 6.45) is 6.18. The minimum Gasteiger partial charge on any atom is -0.380 e. The number of halogens is 1. The number of aryl methyl sites for hydroxylation is 1. The molecule has 3 aromatic carbocycles. The normalized spacial score (nSPS) is 13.4. The molecule has 32 heavy (non-hydrogen) atoms. The van der Waals surface area contributed by atoms with Crippen molar-refractivity contribution in [3.05, 3.63) is 106 Å². The molecule has 1 aliphatic heterocycles. The molecule has 0 saturated carbocycles. The molecule has 0 radical (unpaired) electrons. The maximum absolute atomic E-state index is 13.3. The van der Waals surface area contributed by atoms with Gasteiger partial charge in [0.1, 0.15) is 0 Å². The zero-order valence-electron chi connectivity index (χ0n) is 17.7. The van der Waals surface area contributed by atoms with Gasteiger partial charge in [-0.05, 0) is 59.5 Å². The lowest BCUT2D eigenvalue weighted by Crippen LogP contribution is -2.20. The van der Waals surface area contributed by atoms with Gasteiger partial charge in [0, 0.05) is 47.0 Å². The minimum absolute atomic E-state index is 0.000315. The second kappa shape index (κ2) is 8.48. The molecule has 1 N–H and O–H groups in total. The maximum atomic E-state index is 13.3. The molecule has 0 saturated heterocycles. The fraction of sp³-hybridized carbons (Fsp3) is 0.111. The fourth-order valence-corrected chi connectivity index (χ4v) is 4.33. The van der Waals surface area contributed by atoms with E-state index in [0.717, 1.165) is 44.4 Å². The summed E-state index contributed by atoms with van der Waals surface area (Å²) >= 11 is 6.31. The van der Waals surface area contributed by atoms with Gasteiger partial charge in [-0.2, -0.15) is 5.10 Å². The van der Waals surface area contributed by atoms with Crippen molar-refractivity contribution in [1.29, 1.82) is 0 Å². The van der Waals surface area contributed by atoms with Crippen molar-refractivity contribution in [3.8, 4) is 0 Å². The van der Waals surface area contributed by atoms with Crippen LogP contribution in [0.2, 0.25) is 5.02 Å². The highest BCUT2D eigenvalue weighted by Gasteiger charge is 2.22. The summed E-state index contributed by atoms with van der Waals surface area (Å²) in [5.74, 6) is 0.000315. The van der Waals surface area contributed by atoms with Gasteiger partial charge in [0.25, 0.3) is 0 Å². The second-order valence-electron chi connectivity index (χ2n) is 7.98. The van der Waals surface area contributed by atoms with Crippen molar-refractivity contribution in [2.45, 2.75) is 6.42 Å². The number of anilines is 1. The van der Waals surface area contributed by atoms with Gasteiger partial charge in [0.05, 0.1) is 5.52 Å². The Labute approximate surface area is 191 Å². The third kappa shape index (κ3) is 4.10. The van der Waals surface area contributed by atoms with Crippen LogP contribution in [0, 0.1) is 0 Å². The molecule has 0 unspecified atom stereocenters. The number of hydrogen-bond acceptors (Lipinski definition) is 3. The Balaban J connectivity index is 1.51. The van der Waals surface area contributed by atoms with E-state index in [1.165, 1.54) is 0 Å². The van der Waals surface area contributed by atoms with Crippen molar-refractivity contribution in [3.63, 3.8) is 0 Å². The van der Waals surface area contributed by atoms with E-state index in [-0.39, 0.29) is 5.78 Å². The predicted octanol–water partition coefficient (Wildman–Crippen LogP) is 5.93. The van der Waals surface area contributed by atoms with Gasteiger partial charge < -0.3 is 5.32 Å². The van der Waals surface area contributed by atoms with Gasteiger partial charge in [-0.25, -0.2) is 0 Å². The van der Waals surface area contributed by atoms with Crippen LogP contribution in [-0.4, -0.2) is 22.1 Å². The third-order valence-electron chi connectivity index (χ3n) is 5.72. The maximum Gasteiger partial charge on any atom is 0.183 e. The van der Waals surface area contributed by atoms with E-state index in [9.17, 15) is 4.79 Å². The Morgan fingerprint density at radius 2 is 1.97 bits per heavy atom. The molecule has 1 aliphatic rings. The van der Waals surface area contributed by atoms with E-state index in [1.54, 1.807) is 10.8 Å². The molecule has 0 atom stereocenters. The first-order valence-electron chi connectivity index (χ1n) is 10.5. The second-order valence-corrected chi connectivity index (χ2v) is 8.42. The number of carbonyl (C=O) groups is 1. The highest BCUT2D eigenvalue weighted by molar-refractivity contribution is 6.31. The number of nitrogens with one attached hydrogen (secondary N) is 1. The average Bonchev–Trinajstić information content (AvgIpc) is 3.17. The monoisotopic (exact) mass is 439 g/mol. The topological polar surface area (TPSA) is 46.9 Å². The van der Waals surface area contributed by atoms with Crippen molar-refractivity contribution < 1.29 is 4.79 Å². The third-order valence-corrected chi connectivity index (χ3v) is 5.95. The van der Waals surface area contributed by atoms with Gasteiger partial charge in [-0.1, -0.05) is 54.1 Å². The van der Waals surface area contributed by atoms with Crippen LogP contribution < -0.4 is 5.32 Å². The highest BCUT2D eigenvalue weighted by atomic mass is 35.5. The van der Waals surface area contributed by atoms with E-state index < -0.39 is 0 Å². The minimum atomic E-state index is 0.000315. The quantitative estimate of drug-likeness (QED) is 0.392. The number of nitrogens with zero attached hydrogens (tertiary/aromatic N) is 2. The van der Waals surface area contributed by atoms with Gasteiger partial charge in [-0.15, -0.1) is 0 Å². The summed E-state index contributed by atoms with van der Waals surface area (Å²) in [4.78, 5) is 13.3. The molecule has 4 nitrogen and oxygen atoms in total. The summed E-state index contributed by atoms with van der Waals surface area (Å²) in [5.41, 5.74) is 6.84. The number of ketones is 1. The lowest BCUT2D eigenvalue weighted by Gasteiger charge is -2.24. The molecule has 0 bridgehead atoms. The van der Waals surface area contributed by atoms with Crippen LogP contribution in [0.5, 0.6) is 0 Å². The lowest BCUT2D eigenvalue weighted by atomic mass is 9.88. The lowest BCUT2D eigenvalue weighted by molar-refractivity contribution is -0.111. The molecule has 5 rings (SSSR count). The number of carbonyl (C=O) groups excluding carboxylic acids is 1. The molecular formula is C27H22ClN3O. The largest absolute Gasteiger partial charge is 0.380 e. The van der Waals surface area contributed by atoms with Crippen LogP contribution in [0.15, 0.2) is 84.6 Å². The number of benzene rings is 3. The number of fused-ring (bicyclic) bond motifs is 2. The van der Waals surface area contributed by atoms with E-state index >= 15 is 0 Å². The van der Waals surface area contributed by atoms with Crippen molar-refractivity contribution in [2.24, 2.45) is 7.05 Å². The number of aromatic nitrogens is 2. The van der Waals surface area contributed by atoms with Crippen molar-refractivity contribution in [2.75, 3.05) is 11.9 Å². The first kappa shape index (κ1) is 20.3. The van der Waals surface area contributed by atoms with Crippen LogP contribution in [0.4, 0.5) is 5.69 Å². The van der Waals surface area contributed by atoms with E-state index in [2.05, 4.69) is 22.5 Å². The molecule has 4 aromatic rings. The Hall–Kier alpha value is -3.63. The summed E-state index contributed by atoms with van der Waals surface area (Å²) in [6, 6.07) is 22.0. The smallest absolute Gasteiger partial charge is 0.183 e. The molecule has 5 heteroatoms. The van der Waals surface area contributed by atoms with Gasteiger partial charge >= 0.3 is 0 Å². The number of allylic oxidation sites excluding steroid dienone is 2. The van der Waals surface area contributed by atoms with Crippen LogP contribution in [0.1, 0.15) is 16.7 Å². The fourth-order valence-electron chi connectivity index (χ4n) is 4.15. The zero-order chi connectivity index (χ0) is 22.1. The average molecular weight is 440 g/mol. The summed E-state index contributed by atoms with van der Waals surface area (Å²) in [5, 5.41) is 9.49. The van der Waals surface area contributed by atoms with Crippen molar-refractivity contribution >= 4 is 45.6 Å². The number of hydrogen-bond donors (Lipinski definition) is 1. The van der Waals surface area contributed by atoms with Crippen LogP contribution >= 0.6 is 11.6 Å². The van der Waals surface area contributed by atoms with Gasteiger partial charge in [0.15, 0.2) is 5.78 Å². The molecule has 0 spiro atoms. The van der Waals surface area contributed by atoms with Crippen LogP contribution in [0.3, 0.4) is 0 Å². The van der Waals surface area contributed by atoms with Crippen LogP contribution in [-0.2, 0) is 18.3 Å². The molecule has 158 valence electrons. The van der Waals surface area contributed by atoms with Gasteiger partial charge in [0.2, 0.25) is 0 Å². The molecule has 2 heterocycles. The molecule has 0 amide bonds. The molecule has 0 aliphatic carbocycles. The van der Waals surface area contributed by atoms with E-state index in [1.807, 2.05) is 73.9 Å². The van der Waals surface area contributed by atoms with E-state index in [4.69, 9.17) is 11.6 Å². The predicted molar refractivity (Wildman–Crippen MR) is 132 cm³/mol. The van der Waals surface area contributed by atoms with Crippen LogP contribution in [0.25, 0.3) is 22.6 Å². The Morgan fingerprint density at radius 1 is 1.12 bits per heavy atom. The summed E-state index contributed by atoms with van der Waals surface area (Å²) < 4.78 is 1.79. The first-order valence-corrected chi connectivity index (χ1v) is 10.9. The zero-order valence-corrected chi connectivity index (χ0v) is 18.4. The highest BCUT2D eigenvalue weighted by Crippen LogP contribution is 2.35. The molecule has 0 fully saturated rings. The van der Waals surface area contributed by atoms with Gasteiger partial charge in [-0.3, -0.25) is 9.48 Å².